The van der Waals surface area contributed by atoms with Crippen molar-refractivity contribution in [1.29, 1.82) is 0 Å². The Morgan fingerprint density at radius 1 is 0.857 bits per heavy atom. The third kappa shape index (κ3) is 2.22. The van der Waals surface area contributed by atoms with Crippen molar-refractivity contribution >= 4 is 11.6 Å². The third-order valence-electron chi connectivity index (χ3n) is 5.27. The van der Waals surface area contributed by atoms with Crippen LogP contribution in [-0.4, -0.2) is 5.79 Å². The van der Waals surface area contributed by atoms with Gasteiger partial charge < -0.3 is 15.2 Å². The summed E-state index contributed by atoms with van der Waals surface area (Å²) in [6.45, 7) is 0. The first kappa shape index (κ1) is 13.7. The van der Waals surface area contributed by atoms with Gasteiger partial charge in [0.25, 0.3) is 5.79 Å². The zero-order valence-corrected chi connectivity index (χ0v) is 13.0. The van der Waals surface area contributed by atoms with Crippen LogP contribution in [0.4, 0.5) is 0 Å². The fourth-order valence-corrected chi connectivity index (χ4v) is 4.41. The summed E-state index contributed by atoms with van der Waals surface area (Å²) in [5.74, 6) is 1.18. The van der Waals surface area contributed by atoms with Crippen LogP contribution in [0.3, 0.4) is 0 Å². The van der Waals surface area contributed by atoms with E-state index in [9.17, 15) is 0 Å². The molecule has 0 aromatic heterocycles. The van der Waals surface area contributed by atoms with E-state index in [2.05, 4.69) is 0 Å². The summed E-state index contributed by atoms with van der Waals surface area (Å²) >= 11 is 6.51. The molecule has 0 saturated heterocycles. The number of hydrogen-bond donors (Lipinski definition) is 1. The second-order valence-electron chi connectivity index (χ2n) is 6.82. The molecule has 2 aliphatic carbocycles. The Morgan fingerprint density at radius 3 is 2.10 bits per heavy atom. The molecule has 3 nitrogen and oxygen atoms in total. The Balaban J connectivity index is 1.69. The summed E-state index contributed by atoms with van der Waals surface area (Å²) in [7, 11) is 0. The van der Waals surface area contributed by atoms with E-state index in [1.54, 1.807) is 0 Å². The van der Waals surface area contributed by atoms with E-state index in [0.29, 0.717) is 0 Å². The fourth-order valence-electron chi connectivity index (χ4n) is 4.07. The lowest BCUT2D eigenvalue weighted by atomic mass is 9.77. The van der Waals surface area contributed by atoms with E-state index in [0.717, 1.165) is 60.6 Å². The largest absolute Gasteiger partial charge is 0.448 e. The first-order valence-corrected chi connectivity index (χ1v) is 8.49. The van der Waals surface area contributed by atoms with Crippen LogP contribution in [0.1, 0.15) is 63.4 Å². The van der Waals surface area contributed by atoms with Gasteiger partial charge in [-0.05, 0) is 37.3 Å². The summed E-state index contributed by atoms with van der Waals surface area (Å²) in [4.78, 5) is 0. The highest BCUT2D eigenvalue weighted by Crippen LogP contribution is 2.50. The Labute approximate surface area is 130 Å². The normalized spacial score (nSPS) is 25.4. The predicted molar refractivity (Wildman–Crippen MR) is 82.9 cm³/mol. The Hall–Kier alpha value is -0.930. The van der Waals surface area contributed by atoms with Crippen molar-refractivity contribution in [2.45, 2.75) is 69.1 Å². The number of fused-ring (bicyclic) bond motifs is 1. The van der Waals surface area contributed by atoms with Crippen LogP contribution in [0.2, 0.25) is 5.02 Å². The molecule has 1 aromatic carbocycles. The number of hydrogen-bond acceptors (Lipinski definition) is 3. The number of nitrogens with two attached hydrogens (primary N) is 1. The molecular formula is C17H22ClNO2. The van der Waals surface area contributed by atoms with Gasteiger partial charge in [-0.2, -0.15) is 0 Å². The van der Waals surface area contributed by atoms with Gasteiger partial charge in [0.2, 0.25) is 0 Å². The van der Waals surface area contributed by atoms with Gasteiger partial charge in [0, 0.05) is 29.5 Å². The molecule has 114 valence electrons. The highest BCUT2D eigenvalue weighted by Gasteiger charge is 2.45. The molecule has 4 rings (SSSR count). The third-order valence-corrected chi connectivity index (χ3v) is 5.59. The van der Waals surface area contributed by atoms with Crippen LogP contribution >= 0.6 is 11.6 Å². The molecule has 0 atom stereocenters. The molecule has 0 amide bonds. The molecule has 2 saturated carbocycles. The molecule has 4 heteroatoms. The van der Waals surface area contributed by atoms with Crippen LogP contribution < -0.4 is 15.2 Å². The standard InChI is InChI=1S/C17H22ClNO2/c18-13-11-15-14(20-17(21-15)8-4-5-9-17)10-12(13)16(19)6-2-1-3-7-16/h10-11H,1-9,19H2. The van der Waals surface area contributed by atoms with E-state index >= 15 is 0 Å². The van der Waals surface area contributed by atoms with Crippen molar-refractivity contribution in [3.05, 3.63) is 22.7 Å². The summed E-state index contributed by atoms with van der Waals surface area (Å²) in [5.41, 5.74) is 7.36. The van der Waals surface area contributed by atoms with Crippen molar-refractivity contribution in [2.24, 2.45) is 5.73 Å². The minimum absolute atomic E-state index is 0.306. The maximum atomic E-state index is 6.64. The molecule has 0 radical (unpaired) electrons. The lowest BCUT2D eigenvalue weighted by molar-refractivity contribution is -0.0716. The zero-order valence-electron chi connectivity index (χ0n) is 12.3. The van der Waals surface area contributed by atoms with Crippen molar-refractivity contribution in [1.82, 2.24) is 0 Å². The number of benzene rings is 1. The lowest BCUT2D eigenvalue weighted by Crippen LogP contribution is -2.38. The van der Waals surface area contributed by atoms with Crippen LogP contribution in [-0.2, 0) is 5.54 Å². The van der Waals surface area contributed by atoms with Gasteiger partial charge in [-0.1, -0.05) is 30.9 Å². The average molecular weight is 308 g/mol. The Kier molecular flexibility index (Phi) is 3.13. The maximum Gasteiger partial charge on any atom is 0.251 e. The summed E-state index contributed by atoms with van der Waals surface area (Å²) in [5, 5.41) is 0.719. The minimum Gasteiger partial charge on any atom is -0.448 e. The van der Waals surface area contributed by atoms with E-state index in [1.807, 2.05) is 12.1 Å². The molecule has 21 heavy (non-hydrogen) atoms. The molecule has 0 unspecified atom stereocenters. The minimum atomic E-state index is -0.432. The van der Waals surface area contributed by atoms with Crippen molar-refractivity contribution in [3.8, 4) is 11.5 Å². The van der Waals surface area contributed by atoms with Gasteiger partial charge in [0.05, 0.1) is 0 Å². The van der Waals surface area contributed by atoms with E-state index in [4.69, 9.17) is 26.8 Å². The Bertz CT molecular complexity index is 560. The van der Waals surface area contributed by atoms with Gasteiger partial charge >= 0.3 is 0 Å². The molecule has 1 aliphatic heterocycles. The van der Waals surface area contributed by atoms with E-state index in [1.165, 1.54) is 19.3 Å². The second-order valence-corrected chi connectivity index (χ2v) is 7.22. The van der Waals surface area contributed by atoms with Gasteiger partial charge in [-0.15, -0.1) is 0 Å². The van der Waals surface area contributed by atoms with Gasteiger partial charge in [0.1, 0.15) is 0 Å². The SMILES string of the molecule is NC1(c2cc3c(cc2Cl)OC2(CCCC2)O3)CCCCC1. The number of halogens is 1. The monoisotopic (exact) mass is 307 g/mol. The van der Waals surface area contributed by atoms with E-state index < -0.39 is 5.79 Å². The van der Waals surface area contributed by atoms with Crippen LogP contribution in [0.5, 0.6) is 11.5 Å². The van der Waals surface area contributed by atoms with Gasteiger partial charge in [-0.3, -0.25) is 0 Å². The predicted octanol–water partition coefficient (Wildman–Crippen LogP) is 4.50. The van der Waals surface area contributed by atoms with Crippen LogP contribution in [0.25, 0.3) is 0 Å². The molecule has 2 fully saturated rings. The molecule has 1 aromatic rings. The quantitative estimate of drug-likeness (QED) is 0.831. The first-order valence-electron chi connectivity index (χ1n) is 8.11. The molecule has 0 bridgehead atoms. The average Bonchev–Trinajstić information content (AvgIpc) is 3.05. The summed E-state index contributed by atoms with van der Waals surface area (Å²) in [6, 6.07) is 3.94. The molecule has 3 aliphatic rings. The van der Waals surface area contributed by atoms with Crippen molar-refractivity contribution < 1.29 is 9.47 Å². The van der Waals surface area contributed by atoms with Crippen molar-refractivity contribution in [2.75, 3.05) is 0 Å². The van der Waals surface area contributed by atoms with Crippen molar-refractivity contribution in [3.63, 3.8) is 0 Å². The highest BCUT2D eigenvalue weighted by atomic mass is 35.5. The molecular weight excluding hydrogens is 286 g/mol. The topological polar surface area (TPSA) is 44.5 Å². The highest BCUT2D eigenvalue weighted by molar-refractivity contribution is 6.31. The number of ether oxygens (including phenoxy) is 2. The van der Waals surface area contributed by atoms with Crippen LogP contribution in [0, 0.1) is 0 Å². The summed E-state index contributed by atoms with van der Waals surface area (Å²) in [6.07, 6.45) is 9.85. The van der Waals surface area contributed by atoms with Gasteiger partial charge in [-0.25, -0.2) is 0 Å². The smallest absolute Gasteiger partial charge is 0.251 e. The maximum absolute atomic E-state index is 6.64. The number of rotatable bonds is 1. The van der Waals surface area contributed by atoms with Crippen LogP contribution in [0.15, 0.2) is 12.1 Å². The molecule has 1 heterocycles. The lowest BCUT2D eigenvalue weighted by Gasteiger charge is -2.34. The second kappa shape index (κ2) is 4.79. The first-order chi connectivity index (χ1) is 10.1. The zero-order chi connectivity index (χ0) is 14.5. The van der Waals surface area contributed by atoms with E-state index in [-0.39, 0.29) is 5.54 Å². The molecule has 2 N–H and O–H groups in total. The fraction of sp³-hybridized carbons (Fsp3) is 0.647. The molecule has 1 spiro atoms. The van der Waals surface area contributed by atoms with Gasteiger partial charge in [0.15, 0.2) is 11.5 Å². The summed E-state index contributed by atoms with van der Waals surface area (Å²) < 4.78 is 12.2. The Morgan fingerprint density at radius 2 is 1.43 bits per heavy atom.